The van der Waals surface area contributed by atoms with Crippen molar-refractivity contribution >= 4 is 21.5 Å². The topological polar surface area (TPSA) is 88.2 Å². The van der Waals surface area contributed by atoms with Crippen molar-refractivity contribution in [3.63, 3.8) is 0 Å². The monoisotopic (exact) mass is 398 g/mol. The van der Waals surface area contributed by atoms with E-state index in [0.717, 1.165) is 18.8 Å². The Morgan fingerprint density at radius 2 is 1.78 bits per heavy atom. The molecule has 9 heteroatoms. The molecule has 0 saturated carbocycles. The van der Waals surface area contributed by atoms with Crippen molar-refractivity contribution in [1.29, 1.82) is 0 Å². The van der Waals surface area contributed by atoms with Gasteiger partial charge in [0.15, 0.2) is 15.8 Å². The molecule has 27 heavy (non-hydrogen) atoms. The molecule has 1 aromatic carbocycles. The van der Waals surface area contributed by atoms with E-state index < -0.39 is 9.84 Å². The number of hydrogen-bond acceptors (Lipinski definition) is 5. The Balaban J connectivity index is 1.47. The summed E-state index contributed by atoms with van der Waals surface area (Å²) in [7, 11) is -3.16. The molecule has 150 valence electrons. The smallest absolute Gasteiger partial charge is 0.191 e. The van der Waals surface area contributed by atoms with Gasteiger partial charge < -0.3 is 20.3 Å². The molecule has 1 aromatic rings. The number of aliphatic imine (C=N–C) groups is 1. The number of sulfone groups is 1. The highest BCUT2D eigenvalue weighted by molar-refractivity contribution is 7.92. The molecule has 2 fully saturated rings. The van der Waals surface area contributed by atoms with Gasteiger partial charge >= 0.3 is 0 Å². The van der Waals surface area contributed by atoms with Gasteiger partial charge in [0.1, 0.15) is 5.82 Å². The van der Waals surface area contributed by atoms with Crippen LogP contribution in [0.1, 0.15) is 12.8 Å². The fraction of sp³-hybridized carbons (Fsp3) is 0.611. The number of benzene rings is 1. The molecule has 2 aliphatic rings. The maximum Gasteiger partial charge on any atom is 0.191 e. The van der Waals surface area contributed by atoms with E-state index in [0.29, 0.717) is 45.1 Å². The van der Waals surface area contributed by atoms with Gasteiger partial charge in [-0.3, -0.25) is 4.99 Å². The van der Waals surface area contributed by atoms with Crippen molar-refractivity contribution in [3.05, 3.63) is 30.1 Å². The van der Waals surface area contributed by atoms with Crippen molar-refractivity contribution in [2.24, 2.45) is 10.7 Å². The Morgan fingerprint density at radius 1 is 1.15 bits per heavy atom. The molecule has 0 atom stereocenters. The number of ether oxygens (including phenoxy) is 1. The number of nitrogens with zero attached hydrogens (tertiary/aromatic N) is 3. The molecule has 0 aromatic heterocycles. The first-order valence-corrected chi connectivity index (χ1v) is 11.0. The van der Waals surface area contributed by atoms with Crippen LogP contribution < -0.4 is 10.6 Å². The van der Waals surface area contributed by atoms with Crippen LogP contribution in [0.2, 0.25) is 0 Å². The van der Waals surface area contributed by atoms with Crippen molar-refractivity contribution < 1.29 is 17.5 Å². The summed E-state index contributed by atoms with van der Waals surface area (Å²) in [5, 5.41) is -0.318. The zero-order valence-corrected chi connectivity index (χ0v) is 16.2. The van der Waals surface area contributed by atoms with E-state index >= 15 is 0 Å². The fourth-order valence-electron chi connectivity index (χ4n) is 3.43. The molecule has 2 N–H and O–H groups in total. The third kappa shape index (κ3) is 5.32. The van der Waals surface area contributed by atoms with Crippen LogP contribution in [0.5, 0.6) is 0 Å². The first-order chi connectivity index (χ1) is 13.0. The van der Waals surface area contributed by atoms with Gasteiger partial charge in [-0.2, -0.15) is 0 Å². The number of nitrogens with two attached hydrogens (primary N) is 1. The molecule has 0 radical (unpaired) electrons. The zero-order chi connectivity index (χ0) is 19.3. The summed E-state index contributed by atoms with van der Waals surface area (Å²) in [6.45, 7) is 4.09. The van der Waals surface area contributed by atoms with Crippen LogP contribution in [0.3, 0.4) is 0 Å². The zero-order valence-electron chi connectivity index (χ0n) is 15.4. The van der Waals surface area contributed by atoms with E-state index in [9.17, 15) is 12.8 Å². The summed E-state index contributed by atoms with van der Waals surface area (Å²) in [6, 6.07) is 6.44. The molecule has 2 heterocycles. The summed E-state index contributed by atoms with van der Waals surface area (Å²) in [4.78, 5) is 8.40. The van der Waals surface area contributed by atoms with Crippen LogP contribution in [0.15, 0.2) is 29.3 Å². The molecule has 2 saturated heterocycles. The number of anilines is 1. The average Bonchev–Trinajstić information content (AvgIpc) is 2.69. The molecule has 3 rings (SSSR count). The number of rotatable bonds is 5. The Hall–Kier alpha value is -1.87. The standard InChI is InChI=1S/C18H27FN4O3S/c19-15-1-3-16(4-2-15)22-8-10-23(11-9-22)18(20)21-7-14-27(24,25)17-5-12-26-13-6-17/h1-4,17H,5-14H2,(H2,20,21). The highest BCUT2D eigenvalue weighted by Gasteiger charge is 2.27. The van der Waals surface area contributed by atoms with Gasteiger partial charge in [-0.05, 0) is 37.1 Å². The average molecular weight is 399 g/mol. The third-order valence-electron chi connectivity index (χ3n) is 5.12. The lowest BCUT2D eigenvalue weighted by molar-refractivity contribution is 0.0984. The summed E-state index contributed by atoms with van der Waals surface area (Å²) >= 11 is 0. The van der Waals surface area contributed by atoms with Gasteiger partial charge in [-0.15, -0.1) is 0 Å². The molecular formula is C18H27FN4O3S. The largest absolute Gasteiger partial charge is 0.381 e. The van der Waals surface area contributed by atoms with Crippen LogP contribution in [-0.2, 0) is 14.6 Å². The number of halogens is 1. The third-order valence-corrected chi connectivity index (χ3v) is 7.36. The second-order valence-electron chi connectivity index (χ2n) is 6.87. The van der Waals surface area contributed by atoms with E-state index in [4.69, 9.17) is 10.5 Å². The lowest BCUT2D eigenvalue weighted by atomic mass is 10.2. The minimum Gasteiger partial charge on any atom is -0.381 e. The summed E-state index contributed by atoms with van der Waals surface area (Å²) in [6.07, 6.45) is 1.12. The highest BCUT2D eigenvalue weighted by atomic mass is 32.2. The maximum absolute atomic E-state index is 13.0. The first-order valence-electron chi connectivity index (χ1n) is 9.30. The SMILES string of the molecule is NC(=NCCS(=O)(=O)C1CCOCC1)N1CCN(c2ccc(F)cc2)CC1. The van der Waals surface area contributed by atoms with Crippen LogP contribution in [0, 0.1) is 5.82 Å². The maximum atomic E-state index is 13.0. The minimum absolute atomic E-state index is 0.0217. The van der Waals surface area contributed by atoms with Crippen LogP contribution in [-0.4, -0.2) is 76.2 Å². The quantitative estimate of drug-likeness (QED) is 0.585. The second-order valence-corrected chi connectivity index (χ2v) is 9.27. The normalized spacial score (nSPS) is 20.1. The molecular weight excluding hydrogens is 371 g/mol. The Labute approximate surface area is 159 Å². The molecule has 0 unspecified atom stereocenters. The molecule has 0 bridgehead atoms. The lowest BCUT2D eigenvalue weighted by Gasteiger charge is -2.36. The molecule has 7 nitrogen and oxygen atoms in total. The van der Waals surface area contributed by atoms with Gasteiger partial charge in [0.25, 0.3) is 0 Å². The summed E-state index contributed by atoms with van der Waals surface area (Å²) < 4.78 is 43.0. The van der Waals surface area contributed by atoms with E-state index in [-0.39, 0.29) is 23.4 Å². The fourth-order valence-corrected chi connectivity index (χ4v) is 5.02. The van der Waals surface area contributed by atoms with Gasteiger partial charge in [0.05, 0.1) is 17.5 Å². The van der Waals surface area contributed by atoms with Crippen molar-refractivity contribution in [3.8, 4) is 0 Å². The van der Waals surface area contributed by atoms with Gasteiger partial charge in [0.2, 0.25) is 0 Å². The number of hydrogen-bond donors (Lipinski definition) is 1. The second kappa shape index (κ2) is 8.88. The van der Waals surface area contributed by atoms with Gasteiger partial charge in [-0.1, -0.05) is 0 Å². The molecule has 0 amide bonds. The summed E-state index contributed by atoms with van der Waals surface area (Å²) in [5.74, 6) is 0.161. The van der Waals surface area contributed by atoms with Crippen molar-refractivity contribution in [2.75, 3.05) is 56.6 Å². The predicted octanol–water partition coefficient (Wildman–Crippen LogP) is 0.856. The predicted molar refractivity (Wildman–Crippen MR) is 104 cm³/mol. The van der Waals surface area contributed by atoms with Crippen LogP contribution >= 0.6 is 0 Å². The van der Waals surface area contributed by atoms with Gasteiger partial charge in [-0.25, -0.2) is 12.8 Å². The van der Waals surface area contributed by atoms with E-state index in [1.54, 1.807) is 12.1 Å². The molecule has 0 aliphatic carbocycles. The Bertz CT molecular complexity index is 740. The number of guanidine groups is 1. The van der Waals surface area contributed by atoms with Crippen molar-refractivity contribution in [1.82, 2.24) is 4.90 Å². The lowest BCUT2D eigenvalue weighted by Crippen LogP contribution is -2.51. The number of piperazine rings is 1. The van der Waals surface area contributed by atoms with E-state index in [2.05, 4.69) is 9.89 Å². The first kappa shape index (κ1) is 19.9. The highest BCUT2D eigenvalue weighted by Crippen LogP contribution is 2.18. The van der Waals surface area contributed by atoms with E-state index in [1.807, 2.05) is 4.90 Å². The Kier molecular flexibility index (Phi) is 6.54. The minimum atomic E-state index is -3.16. The van der Waals surface area contributed by atoms with E-state index in [1.165, 1.54) is 12.1 Å². The molecule has 2 aliphatic heterocycles. The van der Waals surface area contributed by atoms with Crippen LogP contribution in [0.25, 0.3) is 0 Å². The van der Waals surface area contributed by atoms with Crippen LogP contribution in [0.4, 0.5) is 10.1 Å². The van der Waals surface area contributed by atoms with Crippen molar-refractivity contribution in [2.45, 2.75) is 18.1 Å². The van der Waals surface area contributed by atoms with Gasteiger partial charge in [0, 0.05) is 45.1 Å². The molecule has 0 spiro atoms. The Morgan fingerprint density at radius 3 is 2.41 bits per heavy atom. The summed E-state index contributed by atoms with van der Waals surface area (Å²) in [5.41, 5.74) is 7.03.